The van der Waals surface area contributed by atoms with Gasteiger partial charge in [-0.3, -0.25) is 4.79 Å². The van der Waals surface area contributed by atoms with Gasteiger partial charge in [0, 0.05) is 18.8 Å². The lowest BCUT2D eigenvalue weighted by Crippen LogP contribution is -2.43. The Morgan fingerprint density at radius 3 is 2.92 bits per heavy atom. The molecule has 0 radical (unpaired) electrons. The van der Waals surface area contributed by atoms with Crippen LogP contribution in [0.3, 0.4) is 0 Å². The second kappa shape index (κ2) is 4.72. The fraction of sp³-hybridized carbons (Fsp3) is 0.875. The van der Waals surface area contributed by atoms with Gasteiger partial charge in [0.2, 0.25) is 5.91 Å². The third-order valence-electron chi connectivity index (χ3n) is 1.92. The molecule has 1 unspecified atom stereocenters. The molecule has 1 aliphatic heterocycles. The number of carbonyl (C=O) groups is 1. The molecule has 1 saturated heterocycles. The Morgan fingerprint density at radius 2 is 2.25 bits per heavy atom. The lowest BCUT2D eigenvalue weighted by atomic mass is 10.3. The Hall–Kier alpha value is -0.220. The van der Waals surface area contributed by atoms with Crippen LogP contribution in [0, 0.1) is 0 Å². The van der Waals surface area contributed by atoms with Crippen molar-refractivity contribution in [3.05, 3.63) is 0 Å². The smallest absolute Gasteiger partial charge is 0.239 e. The first kappa shape index (κ1) is 9.86. The normalized spacial score (nSPS) is 21.7. The van der Waals surface area contributed by atoms with Crippen molar-refractivity contribution in [3.63, 3.8) is 0 Å². The van der Waals surface area contributed by atoms with Gasteiger partial charge in [0.15, 0.2) is 0 Å². The predicted molar refractivity (Wildman–Crippen MR) is 52.2 cm³/mol. The number of amides is 1. The van der Waals surface area contributed by atoms with E-state index in [1.54, 1.807) is 6.92 Å². The number of carbonyl (C=O) groups excluding carboxylic acids is 1. The van der Waals surface area contributed by atoms with Crippen LogP contribution in [-0.4, -0.2) is 41.4 Å². The lowest BCUT2D eigenvalue weighted by molar-refractivity contribution is -0.131. The summed E-state index contributed by atoms with van der Waals surface area (Å²) in [6.45, 7) is 3.50. The van der Waals surface area contributed by atoms with Crippen LogP contribution in [0.1, 0.15) is 13.3 Å². The van der Waals surface area contributed by atoms with Crippen LogP contribution in [0.4, 0.5) is 0 Å². The van der Waals surface area contributed by atoms with E-state index in [2.05, 4.69) is 0 Å². The molecular formula is C8H16N2OS. The van der Waals surface area contributed by atoms with Crippen LogP contribution in [-0.2, 0) is 4.79 Å². The number of rotatable bonds is 1. The zero-order chi connectivity index (χ0) is 8.97. The van der Waals surface area contributed by atoms with E-state index in [9.17, 15) is 4.79 Å². The monoisotopic (exact) mass is 188 g/mol. The zero-order valence-corrected chi connectivity index (χ0v) is 8.27. The van der Waals surface area contributed by atoms with Gasteiger partial charge in [-0.2, -0.15) is 11.8 Å². The van der Waals surface area contributed by atoms with Gasteiger partial charge in [-0.05, 0) is 19.1 Å². The van der Waals surface area contributed by atoms with E-state index in [1.807, 2.05) is 16.7 Å². The van der Waals surface area contributed by atoms with Crippen molar-refractivity contribution >= 4 is 17.7 Å². The summed E-state index contributed by atoms with van der Waals surface area (Å²) in [5.74, 6) is 2.32. The molecule has 12 heavy (non-hydrogen) atoms. The molecule has 0 spiro atoms. The molecule has 70 valence electrons. The molecule has 1 fully saturated rings. The van der Waals surface area contributed by atoms with Gasteiger partial charge in [0.1, 0.15) is 0 Å². The first-order chi connectivity index (χ1) is 5.72. The maximum atomic E-state index is 11.4. The van der Waals surface area contributed by atoms with Crippen LogP contribution in [0.15, 0.2) is 0 Å². The van der Waals surface area contributed by atoms with Gasteiger partial charge >= 0.3 is 0 Å². The summed E-state index contributed by atoms with van der Waals surface area (Å²) in [5, 5.41) is 0. The molecule has 0 aliphatic carbocycles. The van der Waals surface area contributed by atoms with Gasteiger partial charge in [0.05, 0.1) is 6.04 Å². The van der Waals surface area contributed by atoms with Crippen LogP contribution in [0.2, 0.25) is 0 Å². The van der Waals surface area contributed by atoms with Crippen molar-refractivity contribution in [2.45, 2.75) is 19.4 Å². The summed E-state index contributed by atoms with van der Waals surface area (Å²) in [6.07, 6.45) is 1.10. The van der Waals surface area contributed by atoms with Gasteiger partial charge in [-0.1, -0.05) is 0 Å². The van der Waals surface area contributed by atoms with Crippen molar-refractivity contribution in [2.75, 3.05) is 24.6 Å². The van der Waals surface area contributed by atoms with E-state index < -0.39 is 0 Å². The van der Waals surface area contributed by atoms with Crippen molar-refractivity contribution in [2.24, 2.45) is 5.73 Å². The largest absolute Gasteiger partial charge is 0.341 e. The standard InChI is InChI=1S/C8H16N2OS/c1-7(9)8(11)10-3-2-5-12-6-4-10/h7H,2-6,9H2,1H3. The van der Waals surface area contributed by atoms with Gasteiger partial charge in [-0.15, -0.1) is 0 Å². The molecule has 2 N–H and O–H groups in total. The Labute approximate surface area is 77.7 Å². The third-order valence-corrected chi connectivity index (χ3v) is 2.97. The van der Waals surface area contributed by atoms with Crippen LogP contribution < -0.4 is 5.73 Å². The van der Waals surface area contributed by atoms with Gasteiger partial charge in [-0.25, -0.2) is 0 Å². The van der Waals surface area contributed by atoms with Crippen molar-refractivity contribution < 1.29 is 4.79 Å². The molecule has 4 heteroatoms. The number of nitrogens with two attached hydrogens (primary N) is 1. The molecule has 3 nitrogen and oxygen atoms in total. The molecular weight excluding hydrogens is 172 g/mol. The molecule has 1 amide bonds. The molecule has 1 rings (SSSR count). The highest BCUT2D eigenvalue weighted by Gasteiger charge is 2.18. The molecule has 0 aromatic rings. The number of hydrogen-bond acceptors (Lipinski definition) is 3. The zero-order valence-electron chi connectivity index (χ0n) is 7.45. The molecule has 0 saturated carbocycles. The fourth-order valence-corrected chi connectivity index (χ4v) is 2.14. The second-order valence-electron chi connectivity index (χ2n) is 3.08. The molecule has 0 aromatic heterocycles. The summed E-state index contributed by atoms with van der Waals surface area (Å²) >= 11 is 1.91. The highest BCUT2D eigenvalue weighted by atomic mass is 32.2. The molecule has 1 atom stereocenters. The minimum Gasteiger partial charge on any atom is -0.341 e. The predicted octanol–water partition coefficient (Wildman–Crippen LogP) is 0.299. The Morgan fingerprint density at radius 1 is 1.50 bits per heavy atom. The maximum Gasteiger partial charge on any atom is 0.239 e. The third kappa shape index (κ3) is 2.68. The second-order valence-corrected chi connectivity index (χ2v) is 4.30. The first-order valence-electron chi connectivity index (χ1n) is 4.34. The van der Waals surface area contributed by atoms with Crippen LogP contribution in [0.25, 0.3) is 0 Å². The van der Waals surface area contributed by atoms with Crippen LogP contribution in [0.5, 0.6) is 0 Å². The van der Waals surface area contributed by atoms with E-state index in [0.717, 1.165) is 25.3 Å². The van der Waals surface area contributed by atoms with Crippen LogP contribution >= 0.6 is 11.8 Å². The SMILES string of the molecule is CC(N)C(=O)N1CCCSCC1. The molecule has 1 heterocycles. The molecule has 0 aromatic carbocycles. The summed E-state index contributed by atoms with van der Waals surface area (Å²) in [6, 6.07) is -0.340. The van der Waals surface area contributed by atoms with E-state index in [0.29, 0.717) is 0 Å². The van der Waals surface area contributed by atoms with E-state index >= 15 is 0 Å². The minimum absolute atomic E-state index is 0.0949. The van der Waals surface area contributed by atoms with E-state index in [4.69, 9.17) is 5.73 Å². The van der Waals surface area contributed by atoms with Crippen molar-refractivity contribution in [1.82, 2.24) is 4.90 Å². The fourth-order valence-electron chi connectivity index (χ4n) is 1.25. The average Bonchev–Trinajstić information content (AvgIpc) is 2.30. The topological polar surface area (TPSA) is 46.3 Å². The highest BCUT2D eigenvalue weighted by Crippen LogP contribution is 2.10. The van der Waals surface area contributed by atoms with Gasteiger partial charge in [0.25, 0.3) is 0 Å². The summed E-state index contributed by atoms with van der Waals surface area (Å²) in [4.78, 5) is 13.3. The minimum atomic E-state index is -0.340. The van der Waals surface area contributed by atoms with E-state index in [-0.39, 0.29) is 11.9 Å². The highest BCUT2D eigenvalue weighted by molar-refractivity contribution is 7.99. The quantitative estimate of drug-likeness (QED) is 0.644. The number of hydrogen-bond donors (Lipinski definition) is 1. The van der Waals surface area contributed by atoms with Crippen molar-refractivity contribution in [3.8, 4) is 0 Å². The summed E-state index contributed by atoms with van der Waals surface area (Å²) < 4.78 is 0. The van der Waals surface area contributed by atoms with E-state index in [1.165, 1.54) is 5.75 Å². The Balaban J connectivity index is 2.43. The Bertz CT molecular complexity index is 153. The number of nitrogens with zero attached hydrogens (tertiary/aromatic N) is 1. The summed E-state index contributed by atoms with van der Waals surface area (Å²) in [7, 11) is 0. The maximum absolute atomic E-state index is 11.4. The summed E-state index contributed by atoms with van der Waals surface area (Å²) in [5.41, 5.74) is 5.52. The van der Waals surface area contributed by atoms with Crippen molar-refractivity contribution in [1.29, 1.82) is 0 Å². The first-order valence-corrected chi connectivity index (χ1v) is 5.49. The number of thioether (sulfide) groups is 1. The lowest BCUT2D eigenvalue weighted by Gasteiger charge is -2.21. The Kier molecular flexibility index (Phi) is 3.88. The molecule has 1 aliphatic rings. The average molecular weight is 188 g/mol. The molecule has 0 bridgehead atoms. The van der Waals surface area contributed by atoms with Gasteiger partial charge < -0.3 is 10.6 Å².